The van der Waals surface area contributed by atoms with Crippen LogP contribution in [0.4, 0.5) is 23.1 Å². The van der Waals surface area contributed by atoms with E-state index in [0.29, 0.717) is 0 Å². The van der Waals surface area contributed by atoms with Gasteiger partial charge >= 0.3 is 0 Å². The molecule has 6 heteroatoms. The van der Waals surface area contributed by atoms with Crippen LogP contribution < -0.4 is 19.9 Å². The number of methoxy groups -OCH3 is 1. The number of rotatable bonds is 6. The van der Waals surface area contributed by atoms with Crippen molar-refractivity contribution in [2.24, 2.45) is 0 Å². The molecule has 1 fully saturated rings. The molecule has 38 heavy (non-hydrogen) atoms. The number of piperazine rings is 1. The second-order valence-electron chi connectivity index (χ2n) is 12.3. The molecule has 1 aromatic heterocycles. The summed E-state index contributed by atoms with van der Waals surface area (Å²) in [7, 11) is 1.71. The quantitative estimate of drug-likeness (QED) is 0.397. The van der Waals surface area contributed by atoms with Gasteiger partial charge in [0.2, 0.25) is 5.95 Å². The van der Waals surface area contributed by atoms with E-state index >= 15 is 0 Å². The Bertz CT molecular complexity index is 1290. The summed E-state index contributed by atoms with van der Waals surface area (Å²) in [6.45, 7) is 16.3. The van der Waals surface area contributed by atoms with E-state index in [2.05, 4.69) is 87.0 Å². The van der Waals surface area contributed by atoms with Gasteiger partial charge in [0.25, 0.3) is 0 Å². The van der Waals surface area contributed by atoms with Gasteiger partial charge in [-0.15, -0.1) is 0 Å². The van der Waals surface area contributed by atoms with Crippen molar-refractivity contribution in [1.82, 2.24) is 9.97 Å². The lowest BCUT2D eigenvalue weighted by atomic mass is 9.86. The SMILES string of the molecule is CCc1ccc(C(C)(C)C)cc1Nc1nc(N2CCN(c3ccc(OC)cc3)C(C)(C)C2)nc2c1CCC2. The molecule has 2 aromatic carbocycles. The van der Waals surface area contributed by atoms with E-state index in [9.17, 15) is 0 Å². The van der Waals surface area contributed by atoms with Gasteiger partial charge in [0.15, 0.2) is 0 Å². The van der Waals surface area contributed by atoms with Gasteiger partial charge in [-0.05, 0) is 86.4 Å². The highest BCUT2D eigenvalue weighted by Crippen LogP contribution is 2.36. The first-order valence-corrected chi connectivity index (χ1v) is 14.1. The molecule has 0 spiro atoms. The Morgan fingerprint density at radius 2 is 1.76 bits per heavy atom. The van der Waals surface area contributed by atoms with Crippen LogP contribution in [0.3, 0.4) is 0 Å². The summed E-state index contributed by atoms with van der Waals surface area (Å²) in [6.07, 6.45) is 4.18. The molecule has 0 atom stereocenters. The van der Waals surface area contributed by atoms with Gasteiger partial charge < -0.3 is 19.9 Å². The fraction of sp³-hybridized carbons (Fsp3) is 0.500. The Morgan fingerprint density at radius 1 is 1.00 bits per heavy atom. The summed E-state index contributed by atoms with van der Waals surface area (Å²) in [4.78, 5) is 15.1. The largest absolute Gasteiger partial charge is 0.497 e. The van der Waals surface area contributed by atoms with Gasteiger partial charge in [-0.3, -0.25) is 0 Å². The Kier molecular flexibility index (Phi) is 7.01. The van der Waals surface area contributed by atoms with Crippen molar-refractivity contribution in [1.29, 1.82) is 0 Å². The summed E-state index contributed by atoms with van der Waals surface area (Å²) < 4.78 is 5.36. The monoisotopic (exact) mass is 513 g/mol. The van der Waals surface area contributed by atoms with E-state index in [1.54, 1.807) is 7.11 Å². The highest BCUT2D eigenvalue weighted by molar-refractivity contribution is 5.67. The first-order chi connectivity index (χ1) is 18.1. The highest BCUT2D eigenvalue weighted by atomic mass is 16.5. The maximum absolute atomic E-state index is 5.36. The number of benzene rings is 2. The Balaban J connectivity index is 1.44. The normalized spacial score (nSPS) is 16.9. The van der Waals surface area contributed by atoms with E-state index in [-0.39, 0.29) is 11.0 Å². The number of aromatic nitrogens is 2. The smallest absolute Gasteiger partial charge is 0.227 e. The van der Waals surface area contributed by atoms with Crippen LogP contribution in [0.2, 0.25) is 0 Å². The fourth-order valence-corrected chi connectivity index (χ4v) is 5.83. The van der Waals surface area contributed by atoms with Crippen molar-refractivity contribution in [3.63, 3.8) is 0 Å². The average Bonchev–Trinajstić information content (AvgIpc) is 3.37. The number of ether oxygens (including phenoxy) is 1. The lowest BCUT2D eigenvalue weighted by molar-refractivity contribution is 0.408. The predicted molar refractivity (Wildman–Crippen MR) is 158 cm³/mol. The molecule has 6 nitrogen and oxygen atoms in total. The third-order valence-electron chi connectivity index (χ3n) is 8.10. The molecular formula is C32H43N5O. The van der Waals surface area contributed by atoms with Crippen LogP contribution in [0.25, 0.3) is 0 Å². The summed E-state index contributed by atoms with van der Waals surface area (Å²) in [5.41, 5.74) is 7.56. The van der Waals surface area contributed by atoms with Gasteiger partial charge in [0.05, 0.1) is 18.3 Å². The minimum Gasteiger partial charge on any atom is -0.497 e. The molecule has 3 aromatic rings. The molecule has 2 aliphatic rings. The van der Waals surface area contributed by atoms with Crippen molar-refractivity contribution in [2.75, 3.05) is 41.9 Å². The summed E-state index contributed by atoms with van der Waals surface area (Å²) in [6, 6.07) is 15.2. The second-order valence-corrected chi connectivity index (χ2v) is 12.3. The van der Waals surface area contributed by atoms with Crippen LogP contribution in [0.1, 0.15) is 70.3 Å². The maximum Gasteiger partial charge on any atom is 0.227 e. The fourth-order valence-electron chi connectivity index (χ4n) is 5.83. The average molecular weight is 514 g/mol. The number of hydrogen-bond acceptors (Lipinski definition) is 6. The third-order valence-corrected chi connectivity index (χ3v) is 8.10. The van der Waals surface area contributed by atoms with Crippen LogP contribution in [-0.2, 0) is 24.7 Å². The standard InChI is InChI=1S/C32H43N5O/c1-8-22-12-13-23(31(2,3)4)20-28(22)33-29-26-10-9-11-27(26)34-30(35-29)36-18-19-37(32(5,6)21-36)24-14-16-25(38-7)17-15-24/h12-17,20H,8-11,18-19,21H2,1-7H3,(H,33,34,35). The van der Waals surface area contributed by atoms with Gasteiger partial charge in [-0.25, -0.2) is 4.98 Å². The number of nitrogens with one attached hydrogen (secondary N) is 1. The molecule has 1 saturated heterocycles. The van der Waals surface area contributed by atoms with Gasteiger partial charge in [0.1, 0.15) is 11.6 Å². The molecule has 0 unspecified atom stereocenters. The molecule has 202 valence electrons. The lowest BCUT2D eigenvalue weighted by Crippen LogP contribution is -2.60. The zero-order valence-corrected chi connectivity index (χ0v) is 24.2. The van der Waals surface area contributed by atoms with Gasteiger partial charge in [0, 0.05) is 36.6 Å². The van der Waals surface area contributed by atoms with Crippen LogP contribution in [-0.4, -0.2) is 42.3 Å². The molecule has 0 bridgehead atoms. The zero-order valence-electron chi connectivity index (χ0n) is 24.2. The second kappa shape index (κ2) is 10.1. The molecule has 5 rings (SSSR count). The Hall–Kier alpha value is -3.28. The van der Waals surface area contributed by atoms with Crippen LogP contribution in [0, 0.1) is 0 Å². The molecule has 1 N–H and O–H groups in total. The van der Waals surface area contributed by atoms with E-state index < -0.39 is 0 Å². The van der Waals surface area contributed by atoms with E-state index in [1.807, 2.05) is 12.1 Å². The molecule has 0 radical (unpaired) electrons. The molecule has 2 heterocycles. The van der Waals surface area contributed by atoms with Crippen molar-refractivity contribution < 1.29 is 4.74 Å². The van der Waals surface area contributed by atoms with Gasteiger partial charge in [-0.1, -0.05) is 39.8 Å². The molecule has 1 aliphatic heterocycles. The van der Waals surface area contributed by atoms with Crippen molar-refractivity contribution in [3.8, 4) is 5.75 Å². The highest BCUT2D eigenvalue weighted by Gasteiger charge is 2.35. The first kappa shape index (κ1) is 26.3. The molecular weight excluding hydrogens is 470 g/mol. The van der Waals surface area contributed by atoms with Crippen molar-refractivity contribution in [3.05, 3.63) is 64.8 Å². The Labute approximate surface area is 228 Å². The van der Waals surface area contributed by atoms with Crippen LogP contribution in [0.15, 0.2) is 42.5 Å². The van der Waals surface area contributed by atoms with E-state index in [4.69, 9.17) is 14.7 Å². The Morgan fingerprint density at radius 3 is 2.42 bits per heavy atom. The first-order valence-electron chi connectivity index (χ1n) is 14.1. The van der Waals surface area contributed by atoms with Crippen molar-refractivity contribution >= 4 is 23.1 Å². The molecule has 0 saturated carbocycles. The minimum atomic E-state index is -0.0702. The van der Waals surface area contributed by atoms with Crippen LogP contribution in [0.5, 0.6) is 5.75 Å². The summed E-state index contributed by atoms with van der Waals surface area (Å²) in [5.74, 6) is 2.72. The number of aryl methyl sites for hydroxylation is 2. The van der Waals surface area contributed by atoms with Crippen molar-refractivity contribution in [2.45, 2.75) is 78.2 Å². The van der Waals surface area contributed by atoms with E-state index in [1.165, 1.54) is 33.8 Å². The summed E-state index contributed by atoms with van der Waals surface area (Å²) in [5, 5.41) is 3.78. The number of nitrogens with zero attached hydrogens (tertiary/aromatic N) is 4. The summed E-state index contributed by atoms with van der Waals surface area (Å²) >= 11 is 0. The predicted octanol–water partition coefficient (Wildman–Crippen LogP) is 6.68. The number of fused-ring (bicyclic) bond motifs is 1. The molecule has 1 aliphatic carbocycles. The maximum atomic E-state index is 5.36. The third kappa shape index (κ3) is 5.18. The number of anilines is 4. The zero-order chi connectivity index (χ0) is 27.1. The lowest BCUT2D eigenvalue weighted by Gasteiger charge is -2.48. The topological polar surface area (TPSA) is 53.5 Å². The number of hydrogen-bond donors (Lipinski definition) is 1. The van der Waals surface area contributed by atoms with E-state index in [0.717, 1.165) is 62.8 Å². The molecule has 0 amide bonds. The van der Waals surface area contributed by atoms with Crippen LogP contribution >= 0.6 is 0 Å². The minimum absolute atomic E-state index is 0.0702. The van der Waals surface area contributed by atoms with Gasteiger partial charge in [-0.2, -0.15) is 4.98 Å².